The number of aliphatic hydroxyl groups is 1. The van der Waals surface area contributed by atoms with Crippen LogP contribution in [0.15, 0.2) is 0 Å². The van der Waals surface area contributed by atoms with Gasteiger partial charge in [0, 0.05) is 37.6 Å². The number of aliphatic hydroxyl groups excluding tert-OH is 1. The number of hydrogen-bond acceptors (Lipinski definition) is 6. The largest absolute Gasteiger partial charge is 0.395 e. The maximum absolute atomic E-state index is 12.4. The highest BCUT2D eigenvalue weighted by Gasteiger charge is 2.30. The highest BCUT2D eigenvalue weighted by atomic mass is 32.1. The lowest BCUT2D eigenvalue weighted by molar-refractivity contribution is -0.144. The fraction of sp³-hybridized carbons (Fsp3) is 0.562. The van der Waals surface area contributed by atoms with E-state index in [0.29, 0.717) is 43.3 Å². The van der Waals surface area contributed by atoms with Crippen molar-refractivity contribution in [1.29, 1.82) is 0 Å². The van der Waals surface area contributed by atoms with Crippen molar-refractivity contribution in [3.8, 4) is 0 Å². The second-order valence-electron chi connectivity index (χ2n) is 6.24. The minimum absolute atomic E-state index is 0.0768. The first-order valence-electron chi connectivity index (χ1n) is 8.39. The molecule has 0 saturated carbocycles. The number of nitrogens with zero attached hydrogens (tertiary/aromatic N) is 2. The van der Waals surface area contributed by atoms with Gasteiger partial charge in [-0.2, -0.15) is 0 Å². The molecular formula is C16H22N4O4S. The van der Waals surface area contributed by atoms with E-state index in [1.165, 1.54) is 16.2 Å². The molecule has 1 saturated heterocycles. The molecule has 0 aromatic carbocycles. The van der Waals surface area contributed by atoms with Gasteiger partial charge in [0.15, 0.2) is 0 Å². The molecule has 1 aliphatic heterocycles. The molecule has 0 bridgehead atoms. The third-order valence-corrected chi connectivity index (χ3v) is 5.87. The van der Waals surface area contributed by atoms with E-state index in [4.69, 9.17) is 10.8 Å². The lowest BCUT2D eigenvalue weighted by Crippen LogP contribution is -2.52. The van der Waals surface area contributed by atoms with Crippen molar-refractivity contribution in [2.75, 3.05) is 44.6 Å². The number of nitrogens with one attached hydrogen (secondary N) is 1. The second kappa shape index (κ2) is 7.51. The first kappa shape index (κ1) is 17.8. The molecule has 1 aromatic rings. The summed E-state index contributed by atoms with van der Waals surface area (Å²) < 4.78 is 0. The summed E-state index contributed by atoms with van der Waals surface area (Å²) in [4.78, 5) is 41.0. The number of hydrogen-bond donors (Lipinski definition) is 3. The molecule has 4 N–H and O–H groups in total. The summed E-state index contributed by atoms with van der Waals surface area (Å²) in [6, 6.07) is 0. The Hall–Kier alpha value is -1.97. The Labute approximate surface area is 149 Å². The summed E-state index contributed by atoms with van der Waals surface area (Å²) in [6.07, 6.45) is 2.63. The molecule has 0 radical (unpaired) electrons. The minimum atomic E-state index is -0.738. The van der Waals surface area contributed by atoms with Crippen LogP contribution in [0.1, 0.15) is 27.2 Å². The number of carbonyl (C=O) groups excluding carboxylic acids is 3. The zero-order valence-corrected chi connectivity index (χ0v) is 14.7. The third-order valence-electron chi connectivity index (χ3n) is 4.66. The van der Waals surface area contributed by atoms with E-state index >= 15 is 0 Å². The fourth-order valence-corrected chi connectivity index (χ4v) is 4.66. The molecular weight excluding hydrogens is 344 g/mol. The molecule has 0 unspecified atom stereocenters. The average Bonchev–Trinajstić information content (AvgIpc) is 3.15. The zero-order chi connectivity index (χ0) is 18.0. The number of primary amides is 1. The first-order chi connectivity index (χ1) is 12.0. The highest BCUT2D eigenvalue weighted by Crippen LogP contribution is 2.38. The summed E-state index contributed by atoms with van der Waals surface area (Å²) >= 11 is 1.34. The van der Waals surface area contributed by atoms with E-state index in [1.54, 1.807) is 0 Å². The van der Waals surface area contributed by atoms with Gasteiger partial charge in [-0.05, 0) is 24.8 Å². The summed E-state index contributed by atoms with van der Waals surface area (Å²) in [5, 5.41) is 11.9. The van der Waals surface area contributed by atoms with Crippen LogP contribution in [0.3, 0.4) is 0 Å². The molecule has 1 aromatic heterocycles. The Bertz CT molecular complexity index is 695. The number of β-amino-alcohol motifs (C(OH)–C–C–N with tert-alkyl or cyclic N) is 1. The molecule has 8 nitrogen and oxygen atoms in total. The number of rotatable bonds is 4. The maximum Gasteiger partial charge on any atom is 0.314 e. The molecule has 25 heavy (non-hydrogen) atoms. The number of amides is 3. The van der Waals surface area contributed by atoms with Gasteiger partial charge in [-0.25, -0.2) is 0 Å². The monoisotopic (exact) mass is 366 g/mol. The van der Waals surface area contributed by atoms with Crippen molar-refractivity contribution in [3.05, 3.63) is 16.0 Å². The normalized spacial score (nSPS) is 17.4. The summed E-state index contributed by atoms with van der Waals surface area (Å²) in [7, 11) is 0. The van der Waals surface area contributed by atoms with Gasteiger partial charge in [-0.15, -0.1) is 11.3 Å². The van der Waals surface area contributed by atoms with Crippen molar-refractivity contribution in [2.24, 2.45) is 5.73 Å². The molecule has 3 amide bonds. The molecule has 1 fully saturated rings. The molecule has 136 valence electrons. The van der Waals surface area contributed by atoms with E-state index < -0.39 is 17.7 Å². The second-order valence-corrected chi connectivity index (χ2v) is 7.34. The molecule has 0 spiro atoms. The van der Waals surface area contributed by atoms with Crippen LogP contribution in [0.2, 0.25) is 0 Å². The predicted octanol–water partition coefficient (Wildman–Crippen LogP) is -0.589. The van der Waals surface area contributed by atoms with Gasteiger partial charge in [0.2, 0.25) is 0 Å². The maximum atomic E-state index is 12.4. The Morgan fingerprint density at radius 2 is 1.88 bits per heavy atom. The van der Waals surface area contributed by atoms with Crippen LogP contribution in [0.4, 0.5) is 5.00 Å². The molecule has 3 rings (SSSR count). The third kappa shape index (κ3) is 3.68. The zero-order valence-electron chi connectivity index (χ0n) is 13.9. The van der Waals surface area contributed by atoms with Gasteiger partial charge in [0.05, 0.1) is 12.2 Å². The lowest BCUT2D eigenvalue weighted by Gasteiger charge is -2.33. The van der Waals surface area contributed by atoms with Crippen LogP contribution in [0.5, 0.6) is 0 Å². The molecule has 2 aliphatic rings. The van der Waals surface area contributed by atoms with Crippen molar-refractivity contribution in [2.45, 2.75) is 19.3 Å². The highest BCUT2D eigenvalue weighted by molar-refractivity contribution is 7.17. The van der Waals surface area contributed by atoms with Crippen molar-refractivity contribution >= 4 is 34.1 Å². The summed E-state index contributed by atoms with van der Waals surface area (Å²) in [6.45, 7) is 2.77. The lowest BCUT2D eigenvalue weighted by atomic mass is 10.1. The first-order valence-corrected chi connectivity index (χ1v) is 9.20. The van der Waals surface area contributed by atoms with Crippen LogP contribution >= 0.6 is 11.3 Å². The Morgan fingerprint density at radius 3 is 2.52 bits per heavy atom. The molecule has 2 heterocycles. The topological polar surface area (TPSA) is 116 Å². The van der Waals surface area contributed by atoms with E-state index in [1.807, 2.05) is 4.90 Å². The van der Waals surface area contributed by atoms with Gasteiger partial charge in [0.25, 0.3) is 5.91 Å². The van der Waals surface area contributed by atoms with E-state index in [2.05, 4.69) is 5.32 Å². The quantitative estimate of drug-likeness (QED) is 0.616. The Kier molecular flexibility index (Phi) is 5.36. The van der Waals surface area contributed by atoms with Crippen molar-refractivity contribution in [3.63, 3.8) is 0 Å². The fourth-order valence-electron chi connectivity index (χ4n) is 3.37. The van der Waals surface area contributed by atoms with Crippen LogP contribution in [-0.4, -0.2) is 72.0 Å². The standard InChI is InChI=1S/C16H22N4O4S/c17-13(22)12-10-2-1-3-11(10)25-15(12)18-14(23)16(24)20-6-4-19(5-7-20)8-9-21/h21H,1-9H2,(H2,17,22)(H,18,23). The number of thiophene rings is 1. The van der Waals surface area contributed by atoms with Crippen LogP contribution < -0.4 is 11.1 Å². The van der Waals surface area contributed by atoms with E-state index in [9.17, 15) is 14.4 Å². The van der Waals surface area contributed by atoms with Crippen molar-refractivity contribution in [1.82, 2.24) is 9.80 Å². The van der Waals surface area contributed by atoms with Gasteiger partial charge >= 0.3 is 11.8 Å². The molecule has 0 atom stereocenters. The number of nitrogens with two attached hydrogens (primary N) is 1. The SMILES string of the molecule is NC(=O)c1c(NC(=O)C(=O)N2CCN(CCO)CC2)sc2c1CCC2. The Balaban J connectivity index is 1.65. The number of anilines is 1. The van der Waals surface area contributed by atoms with Gasteiger partial charge in [-0.3, -0.25) is 19.3 Å². The van der Waals surface area contributed by atoms with Gasteiger partial charge in [-0.1, -0.05) is 0 Å². The summed E-state index contributed by atoms with van der Waals surface area (Å²) in [5.74, 6) is -1.91. The number of fused-ring (bicyclic) bond motifs is 1. The smallest absolute Gasteiger partial charge is 0.314 e. The average molecular weight is 366 g/mol. The van der Waals surface area contributed by atoms with E-state index in [-0.39, 0.29) is 6.61 Å². The molecule has 9 heteroatoms. The minimum Gasteiger partial charge on any atom is -0.395 e. The number of piperazine rings is 1. The predicted molar refractivity (Wildman–Crippen MR) is 93.6 cm³/mol. The van der Waals surface area contributed by atoms with Gasteiger partial charge in [0.1, 0.15) is 5.00 Å². The van der Waals surface area contributed by atoms with E-state index in [0.717, 1.165) is 29.7 Å². The van der Waals surface area contributed by atoms with Crippen molar-refractivity contribution < 1.29 is 19.5 Å². The van der Waals surface area contributed by atoms with Crippen LogP contribution in [0.25, 0.3) is 0 Å². The number of aryl methyl sites for hydroxylation is 1. The van der Waals surface area contributed by atoms with Gasteiger partial charge < -0.3 is 21.1 Å². The Morgan fingerprint density at radius 1 is 1.16 bits per heavy atom. The van der Waals surface area contributed by atoms with Crippen LogP contribution in [0, 0.1) is 0 Å². The number of carbonyl (C=O) groups is 3. The molecule has 1 aliphatic carbocycles. The van der Waals surface area contributed by atoms with Crippen LogP contribution in [-0.2, 0) is 22.4 Å². The summed E-state index contributed by atoms with van der Waals surface area (Å²) in [5.41, 5.74) is 6.73.